The summed E-state index contributed by atoms with van der Waals surface area (Å²) < 4.78 is 10.8. The van der Waals surface area contributed by atoms with Crippen molar-refractivity contribution in [2.45, 2.75) is 44.4 Å². The van der Waals surface area contributed by atoms with E-state index in [2.05, 4.69) is 5.32 Å². The quantitative estimate of drug-likeness (QED) is 0.715. The van der Waals surface area contributed by atoms with Gasteiger partial charge < -0.3 is 14.8 Å². The molecule has 3 nitrogen and oxygen atoms in total. The van der Waals surface area contributed by atoms with Gasteiger partial charge in [0.2, 0.25) is 0 Å². The molecule has 2 heterocycles. The largest absolute Gasteiger partial charge is 0.350 e. The third kappa shape index (κ3) is 2.93. The molecule has 0 aromatic rings. The minimum Gasteiger partial charge on any atom is -0.350 e. The van der Waals surface area contributed by atoms with Crippen LogP contribution in [0.15, 0.2) is 0 Å². The van der Waals surface area contributed by atoms with Crippen LogP contribution in [-0.4, -0.2) is 32.1 Å². The fourth-order valence-corrected chi connectivity index (χ4v) is 2.11. The number of nitrogens with one attached hydrogen (secondary N) is 1. The van der Waals surface area contributed by atoms with E-state index in [9.17, 15) is 0 Å². The highest BCUT2D eigenvalue weighted by Crippen LogP contribution is 2.16. The first-order chi connectivity index (χ1) is 6.45. The second-order valence-electron chi connectivity index (χ2n) is 3.90. The molecule has 0 spiro atoms. The summed E-state index contributed by atoms with van der Waals surface area (Å²) in [6, 6.07) is 0.765. The van der Waals surface area contributed by atoms with E-state index in [4.69, 9.17) is 9.47 Å². The molecule has 0 amide bonds. The van der Waals surface area contributed by atoms with E-state index in [0.29, 0.717) is 0 Å². The second-order valence-corrected chi connectivity index (χ2v) is 3.90. The van der Waals surface area contributed by atoms with Crippen LogP contribution in [0.5, 0.6) is 0 Å². The summed E-state index contributed by atoms with van der Waals surface area (Å²) in [4.78, 5) is 0. The SMILES string of the molecule is C1CNC(CCCC2OCCO2)C1. The van der Waals surface area contributed by atoms with Gasteiger partial charge in [0, 0.05) is 6.04 Å². The van der Waals surface area contributed by atoms with Gasteiger partial charge in [0.25, 0.3) is 0 Å². The molecule has 3 heteroatoms. The first-order valence-electron chi connectivity index (χ1n) is 5.42. The Bertz CT molecular complexity index is 124. The summed E-state index contributed by atoms with van der Waals surface area (Å²) in [6.45, 7) is 2.78. The molecule has 13 heavy (non-hydrogen) atoms. The Morgan fingerprint density at radius 1 is 1.15 bits per heavy atom. The molecule has 76 valence electrons. The van der Waals surface area contributed by atoms with Gasteiger partial charge in [-0.2, -0.15) is 0 Å². The van der Waals surface area contributed by atoms with Gasteiger partial charge in [-0.3, -0.25) is 0 Å². The molecular weight excluding hydrogens is 166 g/mol. The number of ether oxygens (including phenoxy) is 2. The fourth-order valence-electron chi connectivity index (χ4n) is 2.11. The summed E-state index contributed by atoms with van der Waals surface area (Å²) in [6.07, 6.45) is 6.37. The number of hydrogen-bond acceptors (Lipinski definition) is 3. The van der Waals surface area contributed by atoms with Crippen molar-refractivity contribution < 1.29 is 9.47 Å². The van der Waals surface area contributed by atoms with Gasteiger partial charge in [0.15, 0.2) is 6.29 Å². The topological polar surface area (TPSA) is 30.5 Å². The Labute approximate surface area is 79.8 Å². The van der Waals surface area contributed by atoms with Crippen molar-refractivity contribution in [2.75, 3.05) is 19.8 Å². The van der Waals surface area contributed by atoms with Gasteiger partial charge in [-0.15, -0.1) is 0 Å². The lowest BCUT2D eigenvalue weighted by atomic mass is 10.1. The van der Waals surface area contributed by atoms with E-state index >= 15 is 0 Å². The lowest BCUT2D eigenvalue weighted by Crippen LogP contribution is -2.21. The van der Waals surface area contributed by atoms with Crippen LogP contribution in [0.2, 0.25) is 0 Å². The number of rotatable bonds is 4. The van der Waals surface area contributed by atoms with Gasteiger partial charge in [0.1, 0.15) is 0 Å². The minimum atomic E-state index is 0.0985. The molecule has 0 aliphatic carbocycles. The van der Waals surface area contributed by atoms with Crippen LogP contribution in [0.4, 0.5) is 0 Å². The van der Waals surface area contributed by atoms with Gasteiger partial charge in [-0.25, -0.2) is 0 Å². The zero-order valence-electron chi connectivity index (χ0n) is 8.13. The summed E-state index contributed by atoms with van der Waals surface area (Å²) in [5.74, 6) is 0. The molecule has 1 unspecified atom stereocenters. The maximum Gasteiger partial charge on any atom is 0.157 e. The second kappa shape index (κ2) is 4.94. The molecular formula is C10H19NO2. The maximum absolute atomic E-state index is 5.38. The van der Waals surface area contributed by atoms with Gasteiger partial charge in [-0.1, -0.05) is 0 Å². The lowest BCUT2D eigenvalue weighted by molar-refractivity contribution is -0.0482. The summed E-state index contributed by atoms with van der Waals surface area (Å²) >= 11 is 0. The van der Waals surface area contributed by atoms with Crippen molar-refractivity contribution in [3.63, 3.8) is 0 Å². The highest BCUT2D eigenvalue weighted by molar-refractivity contribution is 4.73. The van der Waals surface area contributed by atoms with Crippen molar-refractivity contribution in [3.8, 4) is 0 Å². The van der Waals surface area contributed by atoms with Crippen LogP contribution >= 0.6 is 0 Å². The standard InChI is InChI=1S/C10H19NO2/c1(3-9-4-2-6-11-9)5-10-12-7-8-13-10/h9-11H,1-8H2. The molecule has 2 rings (SSSR count). The molecule has 0 aromatic carbocycles. The van der Waals surface area contributed by atoms with E-state index in [-0.39, 0.29) is 6.29 Å². The molecule has 2 aliphatic heterocycles. The smallest absolute Gasteiger partial charge is 0.157 e. The summed E-state index contributed by atoms with van der Waals surface area (Å²) in [7, 11) is 0. The normalized spacial score (nSPS) is 30.0. The first kappa shape index (κ1) is 9.44. The lowest BCUT2D eigenvalue weighted by Gasteiger charge is -2.12. The van der Waals surface area contributed by atoms with Crippen LogP contribution < -0.4 is 5.32 Å². The Morgan fingerprint density at radius 2 is 2.00 bits per heavy atom. The highest BCUT2D eigenvalue weighted by Gasteiger charge is 2.17. The van der Waals surface area contributed by atoms with Crippen LogP contribution in [0.3, 0.4) is 0 Å². The van der Waals surface area contributed by atoms with Crippen molar-refractivity contribution >= 4 is 0 Å². The van der Waals surface area contributed by atoms with Crippen LogP contribution in [0.25, 0.3) is 0 Å². The predicted molar refractivity (Wildman–Crippen MR) is 50.6 cm³/mol. The van der Waals surface area contributed by atoms with E-state index in [1.807, 2.05) is 0 Å². The fraction of sp³-hybridized carbons (Fsp3) is 1.00. The molecule has 0 bridgehead atoms. The zero-order chi connectivity index (χ0) is 8.93. The zero-order valence-corrected chi connectivity index (χ0v) is 8.13. The molecule has 1 atom stereocenters. The van der Waals surface area contributed by atoms with Crippen molar-refractivity contribution in [3.05, 3.63) is 0 Å². The monoisotopic (exact) mass is 185 g/mol. The first-order valence-corrected chi connectivity index (χ1v) is 5.42. The van der Waals surface area contributed by atoms with Crippen LogP contribution in [0, 0.1) is 0 Å². The average Bonchev–Trinajstić information content (AvgIpc) is 2.75. The average molecular weight is 185 g/mol. The van der Waals surface area contributed by atoms with E-state index in [1.165, 1.54) is 32.2 Å². The van der Waals surface area contributed by atoms with Crippen molar-refractivity contribution in [2.24, 2.45) is 0 Å². The number of hydrogen-bond donors (Lipinski definition) is 1. The molecule has 2 aliphatic rings. The summed E-state index contributed by atoms with van der Waals surface area (Å²) in [5, 5.41) is 3.50. The van der Waals surface area contributed by atoms with Gasteiger partial charge >= 0.3 is 0 Å². The predicted octanol–water partition coefficient (Wildman–Crippen LogP) is 1.28. The minimum absolute atomic E-state index is 0.0985. The molecule has 2 saturated heterocycles. The van der Waals surface area contributed by atoms with E-state index in [0.717, 1.165) is 25.7 Å². The Kier molecular flexibility index (Phi) is 3.58. The van der Waals surface area contributed by atoms with Crippen LogP contribution in [0.1, 0.15) is 32.1 Å². The van der Waals surface area contributed by atoms with E-state index < -0.39 is 0 Å². The van der Waals surface area contributed by atoms with Crippen molar-refractivity contribution in [1.82, 2.24) is 5.32 Å². The summed E-state index contributed by atoms with van der Waals surface area (Å²) in [5.41, 5.74) is 0. The highest BCUT2D eigenvalue weighted by atomic mass is 16.7. The molecule has 0 radical (unpaired) electrons. The maximum atomic E-state index is 5.38. The molecule has 2 fully saturated rings. The third-order valence-electron chi connectivity index (χ3n) is 2.85. The molecule has 0 saturated carbocycles. The molecule has 0 aromatic heterocycles. The van der Waals surface area contributed by atoms with Gasteiger partial charge in [-0.05, 0) is 38.6 Å². The van der Waals surface area contributed by atoms with Gasteiger partial charge in [0.05, 0.1) is 13.2 Å². The van der Waals surface area contributed by atoms with E-state index in [1.54, 1.807) is 0 Å². The van der Waals surface area contributed by atoms with Crippen molar-refractivity contribution in [1.29, 1.82) is 0 Å². The molecule has 1 N–H and O–H groups in total. The Morgan fingerprint density at radius 3 is 2.69 bits per heavy atom. The Balaban J connectivity index is 1.52. The Hall–Kier alpha value is -0.120. The third-order valence-corrected chi connectivity index (χ3v) is 2.85. The van der Waals surface area contributed by atoms with Crippen LogP contribution in [-0.2, 0) is 9.47 Å².